The topological polar surface area (TPSA) is 76.7 Å². The van der Waals surface area contributed by atoms with Crippen molar-refractivity contribution in [2.45, 2.75) is 57.5 Å². The second kappa shape index (κ2) is 6.41. The third-order valence-electron chi connectivity index (χ3n) is 3.79. The van der Waals surface area contributed by atoms with Crippen molar-refractivity contribution >= 4 is 11.5 Å². The zero-order valence-corrected chi connectivity index (χ0v) is 12.4. The fraction of sp³-hybridized carbons (Fsp3) is 0.692. The molecule has 1 saturated carbocycles. The molecule has 0 aliphatic heterocycles. The van der Waals surface area contributed by atoms with Gasteiger partial charge in [0.15, 0.2) is 5.82 Å². The molecule has 2 aromatic heterocycles. The van der Waals surface area contributed by atoms with E-state index >= 15 is 0 Å². The van der Waals surface area contributed by atoms with Crippen LogP contribution in [0.4, 0.5) is 0 Å². The Morgan fingerprint density at radius 3 is 3.00 bits per heavy atom. The molecule has 1 aliphatic carbocycles. The standard InChI is InChI=1S/C13H19N5OS/c1-9(14-7-11-8-15-18-20-11)13-16-12(17-19-13)10-5-3-2-4-6-10/h8-10,14H,2-7H2,1H3/t9-/m0/s1. The Kier molecular flexibility index (Phi) is 4.37. The lowest BCUT2D eigenvalue weighted by molar-refractivity contribution is 0.329. The van der Waals surface area contributed by atoms with E-state index in [1.54, 1.807) is 6.20 Å². The van der Waals surface area contributed by atoms with Gasteiger partial charge in [-0.25, -0.2) is 0 Å². The van der Waals surface area contributed by atoms with Crippen molar-refractivity contribution in [3.63, 3.8) is 0 Å². The van der Waals surface area contributed by atoms with Gasteiger partial charge >= 0.3 is 0 Å². The minimum absolute atomic E-state index is 0.0435. The van der Waals surface area contributed by atoms with Crippen LogP contribution >= 0.6 is 11.5 Å². The molecular weight excluding hydrogens is 274 g/mol. The van der Waals surface area contributed by atoms with Gasteiger partial charge < -0.3 is 9.84 Å². The van der Waals surface area contributed by atoms with Crippen LogP contribution in [0, 0.1) is 0 Å². The van der Waals surface area contributed by atoms with Gasteiger partial charge in [-0.1, -0.05) is 28.9 Å². The Labute approximate surface area is 122 Å². The summed E-state index contributed by atoms with van der Waals surface area (Å²) in [6.45, 7) is 2.76. The molecule has 0 spiro atoms. The molecule has 1 N–H and O–H groups in total. The van der Waals surface area contributed by atoms with Gasteiger partial charge in [0.1, 0.15) is 0 Å². The fourth-order valence-corrected chi connectivity index (χ4v) is 3.00. The molecule has 6 nitrogen and oxygen atoms in total. The Balaban J connectivity index is 1.57. The van der Waals surface area contributed by atoms with Crippen LogP contribution in [-0.2, 0) is 6.54 Å². The Hall–Kier alpha value is -1.34. The minimum atomic E-state index is 0.0435. The summed E-state index contributed by atoms with van der Waals surface area (Å²) in [5.41, 5.74) is 0. The second-order valence-electron chi connectivity index (χ2n) is 5.31. The third kappa shape index (κ3) is 3.21. The molecule has 1 aliphatic rings. The van der Waals surface area contributed by atoms with Gasteiger partial charge in [0, 0.05) is 12.5 Å². The summed E-state index contributed by atoms with van der Waals surface area (Å²) in [6.07, 6.45) is 8.04. The summed E-state index contributed by atoms with van der Waals surface area (Å²) >= 11 is 1.40. The molecule has 20 heavy (non-hydrogen) atoms. The van der Waals surface area contributed by atoms with Crippen LogP contribution in [0.3, 0.4) is 0 Å². The molecule has 0 bridgehead atoms. The van der Waals surface area contributed by atoms with Crippen LogP contribution in [0.25, 0.3) is 0 Å². The molecule has 0 aromatic carbocycles. The summed E-state index contributed by atoms with van der Waals surface area (Å²) in [6, 6.07) is 0.0435. The van der Waals surface area contributed by atoms with Crippen molar-refractivity contribution in [1.82, 2.24) is 25.0 Å². The van der Waals surface area contributed by atoms with Crippen molar-refractivity contribution in [3.05, 3.63) is 22.8 Å². The number of nitrogens with one attached hydrogen (secondary N) is 1. The molecular formula is C13H19N5OS. The fourth-order valence-electron chi connectivity index (χ4n) is 2.56. The summed E-state index contributed by atoms with van der Waals surface area (Å²) in [4.78, 5) is 5.67. The zero-order valence-electron chi connectivity index (χ0n) is 11.6. The van der Waals surface area contributed by atoms with E-state index in [0.717, 1.165) is 17.2 Å². The lowest BCUT2D eigenvalue weighted by Crippen LogP contribution is -2.18. The van der Waals surface area contributed by atoms with Gasteiger partial charge in [0.2, 0.25) is 5.89 Å². The van der Waals surface area contributed by atoms with Gasteiger partial charge in [-0.05, 0) is 31.3 Å². The molecule has 0 amide bonds. The predicted octanol–water partition coefficient (Wildman–Crippen LogP) is 2.82. The molecule has 2 heterocycles. The van der Waals surface area contributed by atoms with Crippen LogP contribution in [0.1, 0.15) is 67.6 Å². The van der Waals surface area contributed by atoms with E-state index in [9.17, 15) is 0 Å². The summed E-state index contributed by atoms with van der Waals surface area (Å²) in [5, 5.41) is 11.3. The van der Waals surface area contributed by atoms with E-state index in [-0.39, 0.29) is 6.04 Å². The number of aromatic nitrogens is 4. The molecule has 1 atom stereocenters. The van der Waals surface area contributed by atoms with E-state index < -0.39 is 0 Å². The first-order chi connectivity index (χ1) is 9.83. The molecule has 0 saturated heterocycles. The maximum atomic E-state index is 5.40. The van der Waals surface area contributed by atoms with Gasteiger partial charge in [0.05, 0.1) is 17.1 Å². The summed E-state index contributed by atoms with van der Waals surface area (Å²) in [7, 11) is 0. The number of hydrogen-bond donors (Lipinski definition) is 1. The average molecular weight is 293 g/mol. The lowest BCUT2D eigenvalue weighted by Gasteiger charge is -2.17. The maximum Gasteiger partial charge on any atom is 0.243 e. The first-order valence-electron chi connectivity index (χ1n) is 7.16. The molecule has 3 rings (SSSR count). The lowest BCUT2D eigenvalue weighted by atomic mass is 9.89. The van der Waals surface area contributed by atoms with E-state index in [2.05, 4.69) is 25.0 Å². The van der Waals surface area contributed by atoms with Gasteiger partial charge in [-0.15, -0.1) is 5.10 Å². The number of rotatable bonds is 5. The summed E-state index contributed by atoms with van der Waals surface area (Å²) in [5.74, 6) is 2.04. The zero-order chi connectivity index (χ0) is 13.8. The largest absolute Gasteiger partial charge is 0.338 e. The van der Waals surface area contributed by atoms with Crippen molar-refractivity contribution < 1.29 is 4.52 Å². The number of nitrogens with zero attached hydrogens (tertiary/aromatic N) is 4. The van der Waals surface area contributed by atoms with E-state index in [1.165, 1.54) is 43.6 Å². The molecule has 2 aromatic rings. The van der Waals surface area contributed by atoms with E-state index in [1.807, 2.05) is 6.92 Å². The highest BCUT2D eigenvalue weighted by atomic mass is 32.1. The van der Waals surface area contributed by atoms with Gasteiger partial charge in [0.25, 0.3) is 0 Å². The quantitative estimate of drug-likeness (QED) is 0.913. The molecule has 0 unspecified atom stereocenters. The van der Waals surface area contributed by atoms with Crippen molar-refractivity contribution in [2.75, 3.05) is 0 Å². The Morgan fingerprint density at radius 1 is 1.40 bits per heavy atom. The highest BCUT2D eigenvalue weighted by Gasteiger charge is 2.22. The average Bonchev–Trinajstić information content (AvgIpc) is 3.17. The predicted molar refractivity (Wildman–Crippen MR) is 75.3 cm³/mol. The van der Waals surface area contributed by atoms with E-state index in [4.69, 9.17) is 4.52 Å². The van der Waals surface area contributed by atoms with Crippen LogP contribution < -0.4 is 5.32 Å². The normalized spacial score (nSPS) is 18.2. The van der Waals surface area contributed by atoms with Gasteiger partial charge in [-0.3, -0.25) is 0 Å². The number of hydrogen-bond acceptors (Lipinski definition) is 7. The van der Waals surface area contributed by atoms with Crippen LogP contribution in [-0.4, -0.2) is 19.7 Å². The minimum Gasteiger partial charge on any atom is -0.338 e. The van der Waals surface area contributed by atoms with Crippen molar-refractivity contribution in [2.24, 2.45) is 0 Å². The summed E-state index contributed by atoms with van der Waals surface area (Å²) < 4.78 is 9.24. The monoisotopic (exact) mass is 293 g/mol. The maximum absolute atomic E-state index is 5.40. The SMILES string of the molecule is C[C@H](NCc1cnns1)c1nc(C2CCCCC2)no1. The first kappa shape index (κ1) is 13.6. The molecule has 1 fully saturated rings. The molecule has 7 heteroatoms. The van der Waals surface area contributed by atoms with Crippen molar-refractivity contribution in [1.29, 1.82) is 0 Å². The van der Waals surface area contributed by atoms with Crippen LogP contribution in [0.2, 0.25) is 0 Å². The first-order valence-corrected chi connectivity index (χ1v) is 7.93. The smallest absolute Gasteiger partial charge is 0.243 e. The Morgan fingerprint density at radius 2 is 2.25 bits per heavy atom. The van der Waals surface area contributed by atoms with Crippen molar-refractivity contribution in [3.8, 4) is 0 Å². The van der Waals surface area contributed by atoms with Crippen LogP contribution in [0.15, 0.2) is 10.7 Å². The second-order valence-corrected chi connectivity index (χ2v) is 6.18. The molecule has 108 valence electrons. The highest BCUT2D eigenvalue weighted by Crippen LogP contribution is 2.31. The van der Waals surface area contributed by atoms with Crippen LogP contribution in [0.5, 0.6) is 0 Å². The third-order valence-corrected chi connectivity index (χ3v) is 4.45. The molecule has 0 radical (unpaired) electrons. The van der Waals surface area contributed by atoms with E-state index in [0.29, 0.717) is 11.8 Å². The highest BCUT2D eigenvalue weighted by molar-refractivity contribution is 7.05. The Bertz CT molecular complexity index is 521. The van der Waals surface area contributed by atoms with Gasteiger partial charge in [-0.2, -0.15) is 4.98 Å².